The van der Waals surface area contributed by atoms with E-state index in [2.05, 4.69) is 6.92 Å². The first-order chi connectivity index (χ1) is 12.8. The van der Waals surface area contributed by atoms with Crippen molar-refractivity contribution in [3.63, 3.8) is 0 Å². The molecular formula is C22H22O3S. The third-order valence-corrected chi connectivity index (χ3v) is 5.99. The maximum atomic E-state index is 13.3. The van der Waals surface area contributed by atoms with Gasteiger partial charge in [-0.25, -0.2) is 0 Å². The van der Waals surface area contributed by atoms with Crippen LogP contribution in [0.2, 0.25) is 0 Å². The highest BCUT2D eigenvalue weighted by Gasteiger charge is 2.31. The molecule has 4 heteroatoms. The summed E-state index contributed by atoms with van der Waals surface area (Å²) in [6, 6.07) is 17.7. The zero-order chi connectivity index (χ0) is 17.9. The highest BCUT2D eigenvalue weighted by atomic mass is 32.1. The standard InChI is InChI=1S/C22H22O3S/c1-2-3-13-19-24-14-17(25-19)22-20(15-9-5-4-6-10-15)21(23)16-11-7-8-12-18(16)26-22/h4-12,17,19H,2-3,13-14H2,1H3. The highest BCUT2D eigenvalue weighted by molar-refractivity contribution is 7.18. The Hall–Kier alpha value is -2.01. The summed E-state index contributed by atoms with van der Waals surface area (Å²) in [6.07, 6.45) is 2.74. The third-order valence-electron chi connectivity index (χ3n) is 4.72. The lowest BCUT2D eigenvalue weighted by atomic mass is 10.0. The van der Waals surface area contributed by atoms with Gasteiger partial charge in [0.05, 0.1) is 6.61 Å². The average molecular weight is 366 g/mol. The minimum Gasteiger partial charge on any atom is -0.350 e. The Bertz CT molecular complexity index is 949. The zero-order valence-corrected chi connectivity index (χ0v) is 15.6. The maximum Gasteiger partial charge on any atom is 0.196 e. The van der Waals surface area contributed by atoms with E-state index in [0.717, 1.165) is 45.4 Å². The van der Waals surface area contributed by atoms with E-state index >= 15 is 0 Å². The van der Waals surface area contributed by atoms with E-state index < -0.39 is 0 Å². The lowest BCUT2D eigenvalue weighted by Crippen LogP contribution is -2.12. The lowest BCUT2D eigenvalue weighted by molar-refractivity contribution is -0.0630. The Morgan fingerprint density at radius 3 is 2.65 bits per heavy atom. The van der Waals surface area contributed by atoms with Crippen molar-refractivity contribution < 1.29 is 9.47 Å². The van der Waals surface area contributed by atoms with Gasteiger partial charge in [0.25, 0.3) is 0 Å². The molecule has 0 N–H and O–H groups in total. The molecule has 134 valence electrons. The predicted octanol–water partition coefficient (Wildman–Crippen LogP) is 5.53. The largest absolute Gasteiger partial charge is 0.350 e. The van der Waals surface area contributed by atoms with E-state index in [1.807, 2.05) is 54.6 Å². The molecule has 0 radical (unpaired) electrons. The van der Waals surface area contributed by atoms with Crippen LogP contribution in [0, 0.1) is 0 Å². The van der Waals surface area contributed by atoms with Gasteiger partial charge < -0.3 is 9.47 Å². The summed E-state index contributed by atoms with van der Waals surface area (Å²) in [5.41, 5.74) is 1.76. The van der Waals surface area contributed by atoms with Gasteiger partial charge in [-0.05, 0) is 30.5 Å². The minimum atomic E-state index is -0.186. The number of ether oxygens (including phenoxy) is 2. The first-order valence-corrected chi connectivity index (χ1v) is 9.97. The SMILES string of the molecule is CCCCC1OCC(c2sc3ccccc3c(=O)c2-c2ccccc2)O1. The minimum absolute atomic E-state index is 0.0705. The van der Waals surface area contributed by atoms with Crippen LogP contribution in [0.15, 0.2) is 59.4 Å². The zero-order valence-electron chi connectivity index (χ0n) is 14.8. The quantitative estimate of drug-likeness (QED) is 0.595. The summed E-state index contributed by atoms with van der Waals surface area (Å²) in [6.45, 7) is 2.66. The van der Waals surface area contributed by atoms with Gasteiger partial charge in [0.2, 0.25) is 0 Å². The molecule has 0 spiro atoms. The maximum absolute atomic E-state index is 13.3. The van der Waals surface area contributed by atoms with Crippen molar-refractivity contribution in [2.45, 2.75) is 38.6 Å². The van der Waals surface area contributed by atoms with Crippen molar-refractivity contribution in [1.82, 2.24) is 0 Å². The van der Waals surface area contributed by atoms with Crippen molar-refractivity contribution in [3.05, 3.63) is 69.7 Å². The molecule has 26 heavy (non-hydrogen) atoms. The molecule has 1 aliphatic rings. The van der Waals surface area contributed by atoms with Crippen molar-refractivity contribution in [2.75, 3.05) is 6.61 Å². The summed E-state index contributed by atoms with van der Waals surface area (Å²) in [7, 11) is 0. The number of hydrogen-bond acceptors (Lipinski definition) is 4. The number of benzene rings is 2. The third kappa shape index (κ3) is 3.32. The molecule has 4 rings (SSSR count). The van der Waals surface area contributed by atoms with E-state index in [-0.39, 0.29) is 17.8 Å². The Morgan fingerprint density at radius 2 is 1.85 bits per heavy atom. The van der Waals surface area contributed by atoms with Crippen LogP contribution in [0.3, 0.4) is 0 Å². The summed E-state index contributed by atoms with van der Waals surface area (Å²) in [5, 5.41) is 0.765. The molecule has 3 nitrogen and oxygen atoms in total. The lowest BCUT2D eigenvalue weighted by Gasteiger charge is -2.15. The van der Waals surface area contributed by atoms with Crippen molar-refractivity contribution >= 4 is 21.4 Å². The van der Waals surface area contributed by atoms with Crippen LogP contribution < -0.4 is 5.43 Å². The van der Waals surface area contributed by atoms with Crippen LogP contribution >= 0.6 is 11.3 Å². The van der Waals surface area contributed by atoms with Gasteiger partial charge in [0.15, 0.2) is 11.7 Å². The van der Waals surface area contributed by atoms with Gasteiger partial charge in [-0.3, -0.25) is 4.79 Å². The van der Waals surface area contributed by atoms with E-state index in [1.165, 1.54) is 0 Å². The average Bonchev–Trinajstić information content (AvgIpc) is 3.16. The molecule has 1 saturated heterocycles. The Labute approximate surface area is 157 Å². The van der Waals surface area contributed by atoms with Crippen molar-refractivity contribution in [3.8, 4) is 11.1 Å². The molecule has 0 amide bonds. The van der Waals surface area contributed by atoms with Crippen LogP contribution in [0.4, 0.5) is 0 Å². The predicted molar refractivity (Wildman–Crippen MR) is 107 cm³/mol. The fourth-order valence-electron chi connectivity index (χ4n) is 3.38. The molecule has 3 aromatic rings. The molecule has 1 aliphatic heterocycles. The number of fused-ring (bicyclic) bond motifs is 1. The first-order valence-electron chi connectivity index (χ1n) is 9.16. The van der Waals surface area contributed by atoms with E-state index in [4.69, 9.17) is 9.47 Å². The summed E-state index contributed by atoms with van der Waals surface area (Å²) >= 11 is 1.64. The van der Waals surface area contributed by atoms with E-state index in [0.29, 0.717) is 6.61 Å². The smallest absolute Gasteiger partial charge is 0.196 e. The second-order valence-corrected chi connectivity index (χ2v) is 7.65. The molecule has 0 saturated carbocycles. The number of hydrogen-bond donors (Lipinski definition) is 0. The second-order valence-electron chi connectivity index (χ2n) is 6.56. The molecule has 0 aliphatic carbocycles. The van der Waals surface area contributed by atoms with Crippen molar-refractivity contribution in [1.29, 1.82) is 0 Å². The van der Waals surface area contributed by atoms with Crippen LogP contribution in [-0.4, -0.2) is 12.9 Å². The van der Waals surface area contributed by atoms with Gasteiger partial charge in [-0.1, -0.05) is 55.8 Å². The normalized spacial score (nSPS) is 19.9. The highest BCUT2D eigenvalue weighted by Crippen LogP contribution is 2.38. The van der Waals surface area contributed by atoms with Crippen LogP contribution in [0.25, 0.3) is 21.2 Å². The Kier molecular flexibility index (Phi) is 5.16. The van der Waals surface area contributed by atoms with E-state index in [9.17, 15) is 4.79 Å². The van der Waals surface area contributed by atoms with Crippen molar-refractivity contribution in [2.24, 2.45) is 0 Å². The molecule has 2 aromatic carbocycles. The molecule has 0 bridgehead atoms. The second kappa shape index (κ2) is 7.70. The molecule has 2 unspecified atom stereocenters. The number of rotatable bonds is 5. The summed E-state index contributed by atoms with van der Waals surface area (Å²) in [5.74, 6) is 0. The fourth-order valence-corrected chi connectivity index (χ4v) is 4.60. The van der Waals surface area contributed by atoms with Gasteiger partial charge in [0, 0.05) is 20.5 Å². The molecular weight excluding hydrogens is 344 g/mol. The van der Waals surface area contributed by atoms with E-state index in [1.54, 1.807) is 11.3 Å². The first kappa shape index (κ1) is 17.4. The Morgan fingerprint density at radius 1 is 1.08 bits per heavy atom. The topological polar surface area (TPSA) is 35.5 Å². The van der Waals surface area contributed by atoms with Crippen LogP contribution in [0.1, 0.15) is 37.2 Å². The van der Waals surface area contributed by atoms with Gasteiger partial charge in [-0.15, -0.1) is 11.3 Å². The summed E-state index contributed by atoms with van der Waals surface area (Å²) in [4.78, 5) is 14.2. The Balaban J connectivity index is 1.82. The van der Waals surface area contributed by atoms with Gasteiger partial charge in [-0.2, -0.15) is 0 Å². The molecule has 2 heterocycles. The fraction of sp³-hybridized carbons (Fsp3) is 0.318. The van der Waals surface area contributed by atoms with Crippen LogP contribution in [-0.2, 0) is 9.47 Å². The van der Waals surface area contributed by atoms with Gasteiger partial charge >= 0.3 is 0 Å². The summed E-state index contributed by atoms with van der Waals surface area (Å²) < 4.78 is 13.0. The monoisotopic (exact) mass is 366 g/mol. The molecule has 1 aromatic heterocycles. The molecule has 1 fully saturated rings. The number of unbranched alkanes of at least 4 members (excludes halogenated alkanes) is 1. The van der Waals surface area contributed by atoms with Gasteiger partial charge in [0.1, 0.15) is 6.10 Å². The van der Waals surface area contributed by atoms with Crippen LogP contribution in [0.5, 0.6) is 0 Å². The molecule has 2 atom stereocenters.